The fraction of sp³-hybridized carbons (Fsp3) is 0.480. The second-order valence-electron chi connectivity index (χ2n) is 9.46. The van der Waals surface area contributed by atoms with E-state index in [9.17, 15) is 22.7 Å². The molecule has 2 N–H and O–H groups in total. The van der Waals surface area contributed by atoms with E-state index in [1.165, 1.54) is 28.6 Å². The van der Waals surface area contributed by atoms with Gasteiger partial charge >= 0.3 is 0 Å². The van der Waals surface area contributed by atoms with Gasteiger partial charge in [0, 0.05) is 37.9 Å². The van der Waals surface area contributed by atoms with Crippen LogP contribution in [0.1, 0.15) is 32.6 Å². The van der Waals surface area contributed by atoms with E-state index in [0.717, 1.165) is 19.3 Å². The fourth-order valence-corrected chi connectivity index (χ4v) is 6.16. The molecule has 1 amide bonds. The number of anilines is 1. The number of halogens is 1. The summed E-state index contributed by atoms with van der Waals surface area (Å²) in [6.45, 7) is 3.52. The first-order valence-corrected chi connectivity index (χ1v) is 13.3. The highest BCUT2D eigenvalue weighted by atomic mass is 32.2. The standard InChI is InChI=1S/C25H32FN3O5S/c1-25(31)18-28(15-12-23(25)34-21-7-5-6-19(26)16-21)17-24(30)27-20-8-10-22(11-9-20)35(32,33)29-13-3-2-4-14-29/h5-11,16,23,31H,2-4,12-15,17-18H2,1H3,(H,27,30)/t23-,25-/m0/s1. The van der Waals surface area contributed by atoms with Gasteiger partial charge in [0.1, 0.15) is 23.3 Å². The van der Waals surface area contributed by atoms with Crippen LogP contribution < -0.4 is 10.1 Å². The number of carbonyl (C=O) groups excluding carboxylic acids is 1. The Labute approximate surface area is 205 Å². The number of piperidine rings is 2. The maximum absolute atomic E-state index is 13.4. The number of ether oxygens (including phenoxy) is 1. The van der Waals surface area contributed by atoms with Gasteiger partial charge in [-0.15, -0.1) is 0 Å². The van der Waals surface area contributed by atoms with Gasteiger partial charge in [-0.3, -0.25) is 9.69 Å². The molecule has 10 heteroatoms. The van der Waals surface area contributed by atoms with Crippen molar-refractivity contribution in [2.75, 3.05) is 38.0 Å². The molecule has 0 radical (unpaired) electrons. The van der Waals surface area contributed by atoms with Gasteiger partial charge in [-0.25, -0.2) is 12.8 Å². The number of hydrogen-bond donors (Lipinski definition) is 2. The number of aliphatic hydroxyl groups is 1. The van der Waals surface area contributed by atoms with Crippen molar-refractivity contribution in [2.24, 2.45) is 0 Å². The smallest absolute Gasteiger partial charge is 0.243 e. The van der Waals surface area contributed by atoms with E-state index in [4.69, 9.17) is 4.74 Å². The van der Waals surface area contributed by atoms with Crippen molar-refractivity contribution >= 4 is 21.6 Å². The zero-order valence-corrected chi connectivity index (χ0v) is 20.6. The summed E-state index contributed by atoms with van der Waals surface area (Å²) >= 11 is 0. The number of β-amino-alcohol motifs (C(OH)–C–C–N with tert-alkyl or cyclic N) is 1. The number of likely N-dealkylation sites (tertiary alicyclic amines) is 1. The second kappa shape index (κ2) is 10.6. The monoisotopic (exact) mass is 505 g/mol. The predicted octanol–water partition coefficient (Wildman–Crippen LogP) is 2.84. The first-order chi connectivity index (χ1) is 16.6. The summed E-state index contributed by atoms with van der Waals surface area (Å²) in [5.41, 5.74) is -0.723. The number of nitrogens with zero attached hydrogens (tertiary/aromatic N) is 2. The van der Waals surface area contributed by atoms with Crippen LogP contribution in [0.5, 0.6) is 5.75 Å². The Hall–Kier alpha value is -2.53. The summed E-state index contributed by atoms with van der Waals surface area (Å²) in [6, 6.07) is 12.0. The van der Waals surface area contributed by atoms with Crippen LogP contribution in [-0.2, 0) is 14.8 Å². The Bertz CT molecular complexity index is 1130. The maximum Gasteiger partial charge on any atom is 0.243 e. The van der Waals surface area contributed by atoms with Gasteiger partial charge in [-0.1, -0.05) is 12.5 Å². The minimum absolute atomic E-state index is 0.0661. The highest BCUT2D eigenvalue weighted by molar-refractivity contribution is 7.89. The number of nitrogens with one attached hydrogen (secondary N) is 1. The normalized spacial score (nSPS) is 24.1. The van der Waals surface area contributed by atoms with Gasteiger partial charge < -0.3 is 15.2 Å². The lowest BCUT2D eigenvalue weighted by atomic mass is 9.91. The Morgan fingerprint density at radius 2 is 1.86 bits per heavy atom. The Balaban J connectivity index is 1.30. The molecule has 2 aliphatic heterocycles. The largest absolute Gasteiger partial charge is 0.487 e. The molecule has 190 valence electrons. The molecule has 2 fully saturated rings. The molecule has 0 spiro atoms. The molecular formula is C25H32FN3O5S. The molecule has 2 aromatic rings. The van der Waals surface area contributed by atoms with E-state index < -0.39 is 27.5 Å². The van der Waals surface area contributed by atoms with Crippen LogP contribution in [0.25, 0.3) is 0 Å². The van der Waals surface area contributed by atoms with Crippen molar-refractivity contribution in [2.45, 2.75) is 49.2 Å². The van der Waals surface area contributed by atoms with Crippen LogP contribution in [-0.4, -0.2) is 73.1 Å². The predicted molar refractivity (Wildman–Crippen MR) is 130 cm³/mol. The molecule has 0 bridgehead atoms. The lowest BCUT2D eigenvalue weighted by Gasteiger charge is -2.42. The quantitative estimate of drug-likeness (QED) is 0.601. The Morgan fingerprint density at radius 3 is 2.51 bits per heavy atom. The summed E-state index contributed by atoms with van der Waals surface area (Å²) in [5, 5.41) is 13.7. The van der Waals surface area contributed by atoms with Crippen LogP contribution in [0.15, 0.2) is 53.4 Å². The van der Waals surface area contributed by atoms with E-state index in [2.05, 4.69) is 5.32 Å². The van der Waals surface area contributed by atoms with E-state index >= 15 is 0 Å². The molecular weight excluding hydrogens is 473 g/mol. The van der Waals surface area contributed by atoms with Crippen LogP contribution in [0.2, 0.25) is 0 Å². The number of rotatable bonds is 7. The molecule has 35 heavy (non-hydrogen) atoms. The molecule has 2 aliphatic rings. The first-order valence-electron chi connectivity index (χ1n) is 11.9. The highest BCUT2D eigenvalue weighted by Gasteiger charge is 2.40. The topological polar surface area (TPSA) is 99.2 Å². The van der Waals surface area contributed by atoms with Gasteiger partial charge in [-0.2, -0.15) is 4.31 Å². The van der Waals surface area contributed by atoms with Crippen molar-refractivity contribution in [3.63, 3.8) is 0 Å². The molecule has 0 unspecified atom stereocenters. The average Bonchev–Trinajstić information content (AvgIpc) is 2.81. The summed E-state index contributed by atoms with van der Waals surface area (Å²) in [4.78, 5) is 14.6. The Kier molecular flexibility index (Phi) is 7.75. The lowest BCUT2D eigenvalue weighted by Crippen LogP contribution is -2.58. The molecule has 2 aromatic carbocycles. The molecule has 0 saturated carbocycles. The van der Waals surface area contributed by atoms with Crippen molar-refractivity contribution < 1.29 is 27.4 Å². The van der Waals surface area contributed by atoms with E-state index in [0.29, 0.717) is 37.5 Å². The van der Waals surface area contributed by atoms with Crippen LogP contribution in [0.4, 0.5) is 10.1 Å². The van der Waals surface area contributed by atoms with Gasteiger partial charge in [0.05, 0.1) is 11.4 Å². The summed E-state index contributed by atoms with van der Waals surface area (Å²) < 4.78 is 46.3. The summed E-state index contributed by atoms with van der Waals surface area (Å²) in [5.74, 6) is -0.322. The third kappa shape index (κ3) is 6.38. The van der Waals surface area contributed by atoms with Gasteiger partial charge in [-0.05, 0) is 62.6 Å². The third-order valence-electron chi connectivity index (χ3n) is 6.48. The van der Waals surface area contributed by atoms with Crippen molar-refractivity contribution in [3.8, 4) is 5.75 Å². The molecule has 2 atom stereocenters. The third-order valence-corrected chi connectivity index (χ3v) is 8.39. The number of amides is 1. The zero-order chi connectivity index (χ0) is 25.1. The van der Waals surface area contributed by atoms with Crippen molar-refractivity contribution in [1.82, 2.24) is 9.21 Å². The van der Waals surface area contributed by atoms with Gasteiger partial charge in [0.2, 0.25) is 15.9 Å². The van der Waals surface area contributed by atoms with Crippen molar-refractivity contribution in [1.29, 1.82) is 0 Å². The molecule has 4 rings (SSSR count). The number of sulfonamides is 1. The molecule has 8 nitrogen and oxygen atoms in total. The van der Waals surface area contributed by atoms with E-state index in [1.807, 2.05) is 4.90 Å². The van der Waals surface area contributed by atoms with Gasteiger partial charge in [0.25, 0.3) is 0 Å². The fourth-order valence-electron chi connectivity index (χ4n) is 4.64. The van der Waals surface area contributed by atoms with Gasteiger partial charge in [0.15, 0.2) is 0 Å². The Morgan fingerprint density at radius 1 is 1.14 bits per heavy atom. The summed E-state index contributed by atoms with van der Waals surface area (Å²) in [6.07, 6.45) is 2.73. The number of carbonyl (C=O) groups is 1. The maximum atomic E-state index is 13.4. The minimum Gasteiger partial charge on any atom is -0.487 e. The van der Waals surface area contributed by atoms with Crippen molar-refractivity contribution in [3.05, 3.63) is 54.3 Å². The molecule has 2 heterocycles. The van der Waals surface area contributed by atoms with Crippen LogP contribution in [0.3, 0.4) is 0 Å². The SMILES string of the molecule is C[C@]1(O)CN(CC(=O)Nc2ccc(S(=O)(=O)N3CCCCC3)cc2)CC[C@@H]1Oc1cccc(F)c1. The van der Waals surface area contributed by atoms with E-state index in [1.54, 1.807) is 31.2 Å². The average molecular weight is 506 g/mol. The second-order valence-corrected chi connectivity index (χ2v) is 11.4. The first kappa shape index (κ1) is 25.6. The van der Waals surface area contributed by atoms with E-state index in [-0.39, 0.29) is 23.9 Å². The zero-order valence-electron chi connectivity index (χ0n) is 19.8. The van der Waals surface area contributed by atoms with Crippen LogP contribution in [0, 0.1) is 5.82 Å². The highest BCUT2D eigenvalue weighted by Crippen LogP contribution is 2.27. The van der Waals surface area contributed by atoms with Crippen LogP contribution >= 0.6 is 0 Å². The minimum atomic E-state index is -3.52. The molecule has 2 saturated heterocycles. The molecule has 0 aromatic heterocycles. The number of hydrogen-bond acceptors (Lipinski definition) is 6. The molecule has 0 aliphatic carbocycles. The number of benzene rings is 2. The lowest BCUT2D eigenvalue weighted by molar-refractivity contribution is -0.123. The summed E-state index contributed by atoms with van der Waals surface area (Å²) in [7, 11) is -3.52.